The molecule has 3 heteroatoms. The number of carbonyl (C=O) groups is 1. The van der Waals surface area contributed by atoms with Crippen molar-refractivity contribution in [2.45, 2.75) is 26.2 Å². The largest absolute Gasteiger partial charge is 0.356 e. The lowest BCUT2D eigenvalue weighted by Crippen LogP contribution is -2.20. The van der Waals surface area contributed by atoms with Gasteiger partial charge in [-0.1, -0.05) is 22.4 Å². The minimum Gasteiger partial charge on any atom is -0.356 e. The Bertz CT molecular complexity index is 95.6. The van der Waals surface area contributed by atoms with Crippen LogP contribution in [-0.4, -0.2) is 17.8 Å². The molecule has 0 heterocycles. The van der Waals surface area contributed by atoms with Crippen molar-refractivity contribution in [3.63, 3.8) is 0 Å². The average Bonchev–Trinajstić information content (AvgIpc) is 1.87. The lowest BCUT2D eigenvalue weighted by Gasteiger charge is -1.99. The van der Waals surface area contributed by atoms with Crippen LogP contribution in [0, 0.1) is 0 Å². The first-order valence-corrected chi connectivity index (χ1v) is 4.70. The molecule has 0 saturated carbocycles. The molecule has 0 rings (SSSR count). The van der Waals surface area contributed by atoms with Crippen LogP contribution in [0.3, 0.4) is 0 Å². The van der Waals surface area contributed by atoms with Gasteiger partial charge in [0, 0.05) is 18.8 Å². The molecule has 0 unspecified atom stereocenters. The molecular formula is C7H14BrNO. The lowest BCUT2D eigenvalue weighted by molar-refractivity contribution is -0.118. The van der Waals surface area contributed by atoms with Crippen LogP contribution in [0.5, 0.6) is 0 Å². The molecular weight excluding hydrogens is 194 g/mol. The van der Waals surface area contributed by atoms with E-state index in [9.17, 15) is 4.79 Å². The van der Waals surface area contributed by atoms with Crippen LogP contribution >= 0.6 is 15.9 Å². The van der Waals surface area contributed by atoms with Crippen LogP contribution in [0.4, 0.5) is 0 Å². The smallest absolute Gasteiger partial charge is 0.216 e. The maximum absolute atomic E-state index is 10.4. The number of hydrogen-bond acceptors (Lipinski definition) is 1. The van der Waals surface area contributed by atoms with Gasteiger partial charge >= 0.3 is 0 Å². The van der Waals surface area contributed by atoms with Gasteiger partial charge in [-0.3, -0.25) is 4.79 Å². The van der Waals surface area contributed by atoms with Crippen LogP contribution in [0.2, 0.25) is 0 Å². The van der Waals surface area contributed by atoms with Crippen molar-refractivity contribution in [1.29, 1.82) is 0 Å². The molecule has 0 bridgehead atoms. The molecule has 0 aromatic carbocycles. The summed E-state index contributed by atoms with van der Waals surface area (Å²) < 4.78 is 0. The molecule has 0 aliphatic rings. The zero-order chi connectivity index (χ0) is 7.82. The first kappa shape index (κ1) is 9.95. The summed E-state index contributed by atoms with van der Waals surface area (Å²) in [4.78, 5) is 10.4. The van der Waals surface area contributed by atoms with E-state index < -0.39 is 0 Å². The molecule has 0 aromatic rings. The first-order chi connectivity index (χ1) is 4.77. The topological polar surface area (TPSA) is 29.1 Å². The molecule has 1 amide bonds. The molecule has 0 saturated heterocycles. The second-order valence-electron chi connectivity index (χ2n) is 2.23. The third kappa shape index (κ3) is 7.95. The van der Waals surface area contributed by atoms with Gasteiger partial charge in [0.2, 0.25) is 5.91 Å². The molecule has 0 spiro atoms. The summed E-state index contributed by atoms with van der Waals surface area (Å²) in [6.45, 7) is 2.37. The predicted octanol–water partition coefficient (Wildman–Crippen LogP) is 1.69. The maximum Gasteiger partial charge on any atom is 0.216 e. The normalized spacial score (nSPS) is 9.40. The Morgan fingerprint density at radius 2 is 2.10 bits per heavy atom. The van der Waals surface area contributed by atoms with Gasteiger partial charge in [0.15, 0.2) is 0 Å². The Kier molecular flexibility index (Phi) is 7.03. The Morgan fingerprint density at radius 1 is 1.40 bits per heavy atom. The molecule has 0 aliphatic carbocycles. The number of alkyl halides is 1. The van der Waals surface area contributed by atoms with Crippen molar-refractivity contribution >= 4 is 21.8 Å². The predicted molar refractivity (Wildman–Crippen MR) is 46.3 cm³/mol. The van der Waals surface area contributed by atoms with Crippen molar-refractivity contribution in [3.05, 3.63) is 0 Å². The third-order valence-corrected chi connectivity index (χ3v) is 1.75. The second kappa shape index (κ2) is 7.06. The number of nitrogens with one attached hydrogen (secondary N) is 1. The standard InChI is InChI=1S/C7H14BrNO/c1-7(10)9-6-4-2-3-5-8/h2-6H2,1H3,(H,9,10). The molecule has 0 radical (unpaired) electrons. The minimum absolute atomic E-state index is 0.0684. The Balaban J connectivity index is 2.84. The number of halogens is 1. The van der Waals surface area contributed by atoms with E-state index in [0.717, 1.165) is 18.3 Å². The molecule has 60 valence electrons. The summed E-state index contributed by atoms with van der Waals surface area (Å²) in [7, 11) is 0. The summed E-state index contributed by atoms with van der Waals surface area (Å²) in [5.41, 5.74) is 0. The van der Waals surface area contributed by atoms with Gasteiger partial charge in [0.1, 0.15) is 0 Å². The van der Waals surface area contributed by atoms with Crippen molar-refractivity contribution in [1.82, 2.24) is 5.32 Å². The number of amides is 1. The fourth-order valence-corrected chi connectivity index (χ4v) is 1.06. The average molecular weight is 208 g/mol. The molecule has 0 fully saturated rings. The fraction of sp³-hybridized carbons (Fsp3) is 0.857. The van der Waals surface area contributed by atoms with Crippen LogP contribution in [0.1, 0.15) is 26.2 Å². The Morgan fingerprint density at radius 3 is 2.60 bits per heavy atom. The van der Waals surface area contributed by atoms with E-state index in [-0.39, 0.29) is 5.91 Å². The minimum atomic E-state index is 0.0684. The van der Waals surface area contributed by atoms with Gasteiger partial charge in [-0.25, -0.2) is 0 Å². The van der Waals surface area contributed by atoms with Crippen molar-refractivity contribution in [3.8, 4) is 0 Å². The van der Waals surface area contributed by atoms with E-state index in [0.29, 0.717) is 0 Å². The van der Waals surface area contributed by atoms with Crippen molar-refractivity contribution < 1.29 is 4.79 Å². The van der Waals surface area contributed by atoms with Crippen molar-refractivity contribution in [2.75, 3.05) is 11.9 Å². The van der Waals surface area contributed by atoms with Crippen LogP contribution in [-0.2, 0) is 4.79 Å². The van der Waals surface area contributed by atoms with Crippen LogP contribution < -0.4 is 5.32 Å². The van der Waals surface area contributed by atoms with Crippen LogP contribution in [0.25, 0.3) is 0 Å². The summed E-state index contributed by atoms with van der Waals surface area (Å²) in [5.74, 6) is 0.0684. The van der Waals surface area contributed by atoms with E-state index >= 15 is 0 Å². The molecule has 10 heavy (non-hydrogen) atoms. The van der Waals surface area contributed by atoms with Crippen LogP contribution in [0.15, 0.2) is 0 Å². The summed E-state index contributed by atoms with van der Waals surface area (Å²) in [6, 6.07) is 0. The molecule has 0 atom stereocenters. The number of carbonyl (C=O) groups excluding carboxylic acids is 1. The third-order valence-electron chi connectivity index (χ3n) is 1.18. The zero-order valence-electron chi connectivity index (χ0n) is 6.32. The highest BCUT2D eigenvalue weighted by Gasteiger charge is 1.89. The van der Waals surface area contributed by atoms with E-state index in [2.05, 4.69) is 21.2 Å². The summed E-state index contributed by atoms with van der Waals surface area (Å²) >= 11 is 3.34. The number of rotatable bonds is 5. The van der Waals surface area contributed by atoms with E-state index in [1.807, 2.05) is 0 Å². The Labute approximate surface area is 70.5 Å². The fourth-order valence-electron chi connectivity index (χ4n) is 0.661. The SMILES string of the molecule is CC(=O)NCCCCCBr. The van der Waals surface area contributed by atoms with Gasteiger partial charge in [0.05, 0.1) is 0 Å². The van der Waals surface area contributed by atoms with Gasteiger partial charge in [-0.15, -0.1) is 0 Å². The van der Waals surface area contributed by atoms with Gasteiger partial charge in [0.25, 0.3) is 0 Å². The molecule has 0 aliphatic heterocycles. The van der Waals surface area contributed by atoms with E-state index in [1.54, 1.807) is 6.92 Å². The lowest BCUT2D eigenvalue weighted by atomic mass is 10.2. The van der Waals surface area contributed by atoms with Gasteiger partial charge in [-0.05, 0) is 12.8 Å². The zero-order valence-corrected chi connectivity index (χ0v) is 7.91. The van der Waals surface area contributed by atoms with E-state index in [1.165, 1.54) is 12.8 Å². The number of unbranched alkanes of at least 4 members (excludes halogenated alkanes) is 2. The molecule has 1 N–H and O–H groups in total. The quantitative estimate of drug-likeness (QED) is 0.540. The Hall–Kier alpha value is -0.0500. The first-order valence-electron chi connectivity index (χ1n) is 3.57. The van der Waals surface area contributed by atoms with Gasteiger partial charge < -0.3 is 5.32 Å². The maximum atomic E-state index is 10.4. The molecule has 2 nitrogen and oxygen atoms in total. The summed E-state index contributed by atoms with van der Waals surface area (Å²) in [6.07, 6.45) is 3.47. The second-order valence-corrected chi connectivity index (χ2v) is 3.03. The summed E-state index contributed by atoms with van der Waals surface area (Å²) in [5, 5.41) is 3.81. The van der Waals surface area contributed by atoms with Gasteiger partial charge in [-0.2, -0.15) is 0 Å². The van der Waals surface area contributed by atoms with E-state index in [4.69, 9.17) is 0 Å². The van der Waals surface area contributed by atoms with Crippen molar-refractivity contribution in [2.24, 2.45) is 0 Å². The highest BCUT2D eigenvalue weighted by molar-refractivity contribution is 9.09. The highest BCUT2D eigenvalue weighted by Crippen LogP contribution is 1.96. The molecule has 0 aromatic heterocycles. The monoisotopic (exact) mass is 207 g/mol. The number of hydrogen-bond donors (Lipinski definition) is 1. The highest BCUT2D eigenvalue weighted by atomic mass is 79.9.